The third-order valence-corrected chi connectivity index (χ3v) is 5.84. The zero-order valence-corrected chi connectivity index (χ0v) is 18.8. The van der Waals surface area contributed by atoms with E-state index in [1.807, 2.05) is 35.3 Å². The lowest BCUT2D eigenvalue weighted by Crippen LogP contribution is -2.37. The van der Waals surface area contributed by atoms with E-state index in [1.165, 1.54) is 0 Å². The number of morpholine rings is 1. The molecule has 0 spiro atoms. The Morgan fingerprint density at radius 3 is 2.76 bits per heavy atom. The molecule has 5 rings (SSSR count). The van der Waals surface area contributed by atoms with Gasteiger partial charge in [-0.2, -0.15) is 10.2 Å². The molecule has 0 atom stereocenters. The first-order valence-electron chi connectivity index (χ1n) is 11.5. The second-order valence-corrected chi connectivity index (χ2v) is 8.19. The number of hydrogen-bond acceptors (Lipinski definition) is 8. The highest BCUT2D eigenvalue weighted by Crippen LogP contribution is 2.23. The van der Waals surface area contributed by atoms with Gasteiger partial charge in [0.2, 0.25) is 0 Å². The quantitative estimate of drug-likeness (QED) is 0.442. The molecule has 5 heterocycles. The molecule has 170 valence electrons. The van der Waals surface area contributed by atoms with Gasteiger partial charge in [-0.15, -0.1) is 5.10 Å². The molecule has 0 aliphatic carbocycles. The average molecular weight is 445 g/mol. The smallest absolute Gasteiger partial charge is 0.154 e. The summed E-state index contributed by atoms with van der Waals surface area (Å²) in [6.45, 7) is 7.77. The van der Waals surface area contributed by atoms with Gasteiger partial charge in [0.05, 0.1) is 36.6 Å². The summed E-state index contributed by atoms with van der Waals surface area (Å²) in [6.07, 6.45) is 9.60. The molecule has 1 fully saturated rings. The van der Waals surface area contributed by atoms with Gasteiger partial charge in [0.1, 0.15) is 5.82 Å². The minimum atomic E-state index is 0.684. The van der Waals surface area contributed by atoms with E-state index in [-0.39, 0.29) is 0 Å². The lowest BCUT2D eigenvalue weighted by atomic mass is 10.1. The zero-order valence-electron chi connectivity index (χ0n) is 18.8. The van der Waals surface area contributed by atoms with Crippen LogP contribution in [-0.4, -0.2) is 67.7 Å². The molecule has 9 heteroatoms. The SMILES string of the molecule is CCc1cnnc(Nc2ccc3ncc(-c4cnn(CCCN5CCOCC5)c4)cc3n2)c1. The van der Waals surface area contributed by atoms with E-state index in [0.717, 1.165) is 80.0 Å². The first kappa shape index (κ1) is 21.4. The van der Waals surface area contributed by atoms with E-state index in [0.29, 0.717) is 11.6 Å². The van der Waals surface area contributed by atoms with Crippen LogP contribution in [0.4, 0.5) is 11.6 Å². The number of aryl methyl sites for hydroxylation is 2. The summed E-state index contributed by atoms with van der Waals surface area (Å²) in [6, 6.07) is 7.90. The molecule has 4 aromatic rings. The lowest BCUT2D eigenvalue weighted by molar-refractivity contribution is 0.0368. The number of nitrogens with zero attached hydrogens (tertiary/aromatic N) is 7. The number of fused-ring (bicyclic) bond motifs is 1. The van der Waals surface area contributed by atoms with Gasteiger partial charge >= 0.3 is 0 Å². The first-order valence-corrected chi connectivity index (χ1v) is 11.5. The van der Waals surface area contributed by atoms with Crippen molar-refractivity contribution in [1.29, 1.82) is 0 Å². The maximum atomic E-state index is 5.41. The second kappa shape index (κ2) is 10.0. The van der Waals surface area contributed by atoms with Gasteiger partial charge in [-0.05, 0) is 42.7 Å². The third kappa shape index (κ3) is 5.32. The fourth-order valence-corrected chi connectivity index (χ4v) is 3.94. The molecule has 0 saturated carbocycles. The highest BCUT2D eigenvalue weighted by molar-refractivity contribution is 5.81. The van der Waals surface area contributed by atoms with E-state index in [4.69, 9.17) is 9.72 Å². The van der Waals surface area contributed by atoms with Crippen LogP contribution in [0, 0.1) is 0 Å². The minimum Gasteiger partial charge on any atom is -0.379 e. The zero-order chi connectivity index (χ0) is 22.5. The van der Waals surface area contributed by atoms with Crippen molar-refractivity contribution in [3.8, 4) is 11.1 Å². The fraction of sp³-hybridized carbons (Fsp3) is 0.375. The maximum absolute atomic E-state index is 5.41. The van der Waals surface area contributed by atoms with E-state index in [2.05, 4.69) is 49.7 Å². The van der Waals surface area contributed by atoms with Crippen LogP contribution in [0.25, 0.3) is 22.2 Å². The summed E-state index contributed by atoms with van der Waals surface area (Å²) in [5.41, 5.74) is 4.82. The van der Waals surface area contributed by atoms with E-state index in [1.54, 1.807) is 6.20 Å². The standard InChI is InChI=1S/C24H28N8O/c1-2-18-12-24(30-26-14-18)29-23-5-4-21-22(28-23)13-19(15-25-21)20-16-27-32(17-20)7-3-6-31-8-10-33-11-9-31/h4-5,12-17H,2-3,6-11H2,1H3,(H,28,29,30). The Morgan fingerprint density at radius 2 is 1.88 bits per heavy atom. The van der Waals surface area contributed by atoms with Crippen molar-refractivity contribution in [2.24, 2.45) is 0 Å². The van der Waals surface area contributed by atoms with Crippen molar-refractivity contribution in [3.05, 3.63) is 54.6 Å². The molecular weight excluding hydrogens is 416 g/mol. The van der Waals surface area contributed by atoms with Crippen molar-refractivity contribution in [1.82, 2.24) is 34.8 Å². The van der Waals surface area contributed by atoms with Crippen LogP contribution in [0.2, 0.25) is 0 Å². The van der Waals surface area contributed by atoms with Crippen molar-refractivity contribution in [3.63, 3.8) is 0 Å². The second-order valence-electron chi connectivity index (χ2n) is 8.19. The molecular formula is C24H28N8O. The van der Waals surface area contributed by atoms with E-state index in [9.17, 15) is 0 Å². The largest absolute Gasteiger partial charge is 0.379 e. The van der Waals surface area contributed by atoms with Gasteiger partial charge in [-0.1, -0.05) is 6.92 Å². The van der Waals surface area contributed by atoms with Gasteiger partial charge in [0, 0.05) is 49.7 Å². The molecule has 0 aromatic carbocycles. The maximum Gasteiger partial charge on any atom is 0.154 e. The van der Waals surface area contributed by atoms with Gasteiger partial charge in [-0.3, -0.25) is 14.6 Å². The van der Waals surface area contributed by atoms with Crippen molar-refractivity contribution in [2.75, 3.05) is 38.2 Å². The summed E-state index contributed by atoms with van der Waals surface area (Å²) in [5.74, 6) is 1.39. The summed E-state index contributed by atoms with van der Waals surface area (Å²) in [7, 11) is 0. The average Bonchev–Trinajstić information content (AvgIpc) is 3.33. The topological polar surface area (TPSA) is 93.9 Å². The monoisotopic (exact) mass is 444 g/mol. The Kier molecular flexibility index (Phi) is 6.50. The normalized spacial score (nSPS) is 14.6. The number of anilines is 2. The van der Waals surface area contributed by atoms with Crippen molar-refractivity contribution >= 4 is 22.7 Å². The van der Waals surface area contributed by atoms with Crippen LogP contribution in [0.5, 0.6) is 0 Å². The molecule has 33 heavy (non-hydrogen) atoms. The predicted octanol–water partition coefficient (Wildman–Crippen LogP) is 3.31. The third-order valence-electron chi connectivity index (χ3n) is 5.84. The number of pyridine rings is 2. The summed E-state index contributed by atoms with van der Waals surface area (Å²) in [4.78, 5) is 11.8. The van der Waals surface area contributed by atoms with Gasteiger partial charge in [0.15, 0.2) is 5.82 Å². The molecule has 0 radical (unpaired) electrons. The Bertz CT molecular complexity index is 1220. The lowest BCUT2D eigenvalue weighted by Gasteiger charge is -2.26. The molecule has 1 aliphatic rings. The molecule has 1 saturated heterocycles. The molecule has 1 aliphatic heterocycles. The summed E-state index contributed by atoms with van der Waals surface area (Å²) < 4.78 is 7.42. The van der Waals surface area contributed by atoms with Crippen LogP contribution in [0.3, 0.4) is 0 Å². The molecule has 4 aromatic heterocycles. The first-order chi connectivity index (χ1) is 16.3. The molecule has 9 nitrogen and oxygen atoms in total. The van der Waals surface area contributed by atoms with E-state index >= 15 is 0 Å². The fourth-order valence-electron chi connectivity index (χ4n) is 3.94. The van der Waals surface area contributed by atoms with Crippen LogP contribution in [0.1, 0.15) is 18.9 Å². The van der Waals surface area contributed by atoms with Gasteiger partial charge in [-0.25, -0.2) is 4.98 Å². The highest BCUT2D eigenvalue weighted by atomic mass is 16.5. The Labute approximate surface area is 192 Å². The molecule has 0 unspecified atom stereocenters. The van der Waals surface area contributed by atoms with Crippen LogP contribution in [-0.2, 0) is 17.7 Å². The summed E-state index contributed by atoms with van der Waals surface area (Å²) in [5, 5.41) is 16.0. The minimum absolute atomic E-state index is 0.684. The Balaban J connectivity index is 1.27. The van der Waals surface area contributed by atoms with Gasteiger partial charge < -0.3 is 10.1 Å². The van der Waals surface area contributed by atoms with Crippen LogP contribution >= 0.6 is 0 Å². The van der Waals surface area contributed by atoms with Gasteiger partial charge in [0.25, 0.3) is 0 Å². The predicted molar refractivity (Wildman–Crippen MR) is 127 cm³/mol. The number of rotatable bonds is 8. The number of aromatic nitrogens is 6. The number of ether oxygens (including phenoxy) is 1. The Hall–Kier alpha value is -3.43. The number of nitrogens with one attached hydrogen (secondary N) is 1. The summed E-state index contributed by atoms with van der Waals surface area (Å²) >= 11 is 0. The van der Waals surface area contributed by atoms with Crippen molar-refractivity contribution < 1.29 is 4.74 Å². The highest BCUT2D eigenvalue weighted by Gasteiger charge is 2.10. The Morgan fingerprint density at radius 1 is 0.970 bits per heavy atom. The van der Waals surface area contributed by atoms with E-state index < -0.39 is 0 Å². The van der Waals surface area contributed by atoms with Crippen LogP contribution in [0.15, 0.2) is 49.1 Å². The molecule has 1 N–H and O–H groups in total. The number of hydrogen-bond donors (Lipinski definition) is 1. The van der Waals surface area contributed by atoms with Crippen LogP contribution < -0.4 is 5.32 Å². The van der Waals surface area contributed by atoms with Crippen molar-refractivity contribution in [2.45, 2.75) is 26.3 Å². The molecule has 0 bridgehead atoms. The molecule has 0 amide bonds.